The first kappa shape index (κ1) is 14.3. The Hall–Kier alpha value is 0.200. The minimum absolute atomic E-state index is 0.0457. The number of hydrogen-bond donors (Lipinski definition) is 0. The quantitative estimate of drug-likeness (QED) is 0.667. The molecule has 3 nitrogen and oxygen atoms in total. The van der Waals surface area contributed by atoms with Crippen LogP contribution < -0.4 is 0 Å². The van der Waals surface area contributed by atoms with Crippen LogP contribution in [0.1, 0.15) is 33.6 Å². The van der Waals surface area contributed by atoms with E-state index in [0.29, 0.717) is 18.4 Å². The van der Waals surface area contributed by atoms with Crippen molar-refractivity contribution in [2.45, 2.75) is 39.7 Å². The topological polar surface area (TPSA) is 43.4 Å². The summed E-state index contributed by atoms with van der Waals surface area (Å²) in [6, 6.07) is 0. The van der Waals surface area contributed by atoms with E-state index in [1.54, 1.807) is 0 Å². The van der Waals surface area contributed by atoms with E-state index in [9.17, 15) is 8.42 Å². The highest BCUT2D eigenvalue weighted by Crippen LogP contribution is 2.38. The van der Waals surface area contributed by atoms with Gasteiger partial charge in [0.1, 0.15) is 0 Å². The Morgan fingerprint density at radius 1 is 1.31 bits per heavy atom. The van der Waals surface area contributed by atoms with Crippen molar-refractivity contribution < 1.29 is 13.2 Å². The third-order valence-corrected chi connectivity index (χ3v) is 4.42. The fourth-order valence-electron chi connectivity index (χ4n) is 1.61. The molecule has 0 aromatic carbocycles. The highest BCUT2D eigenvalue weighted by atomic mass is 35.7. The van der Waals surface area contributed by atoms with Gasteiger partial charge in [-0.15, -0.1) is 0 Å². The van der Waals surface area contributed by atoms with Gasteiger partial charge in [-0.05, 0) is 31.6 Å². The van der Waals surface area contributed by atoms with Gasteiger partial charge < -0.3 is 4.74 Å². The molecule has 0 aromatic heterocycles. The van der Waals surface area contributed by atoms with Crippen LogP contribution >= 0.6 is 10.7 Å². The van der Waals surface area contributed by atoms with Crippen LogP contribution in [0, 0.1) is 17.8 Å². The molecule has 0 bridgehead atoms. The van der Waals surface area contributed by atoms with Gasteiger partial charge in [-0.1, -0.05) is 13.8 Å². The second kappa shape index (κ2) is 5.69. The molecule has 1 rings (SSSR count). The minimum Gasteiger partial charge on any atom is -0.378 e. The van der Waals surface area contributed by atoms with Crippen LogP contribution in [-0.2, 0) is 13.8 Å². The third-order valence-electron chi connectivity index (χ3n) is 3.21. The fraction of sp³-hybridized carbons (Fsp3) is 1.00. The first-order chi connectivity index (χ1) is 7.29. The lowest BCUT2D eigenvalue weighted by molar-refractivity contribution is 0.0137. The van der Waals surface area contributed by atoms with E-state index in [1.807, 2.05) is 6.92 Å². The van der Waals surface area contributed by atoms with Crippen LogP contribution in [0.2, 0.25) is 0 Å². The molecule has 0 spiro atoms. The molecule has 0 N–H and O–H groups in total. The summed E-state index contributed by atoms with van der Waals surface area (Å²) < 4.78 is 27.8. The molecule has 0 saturated heterocycles. The number of halogens is 1. The summed E-state index contributed by atoms with van der Waals surface area (Å²) in [5, 5.41) is 0. The molecule has 96 valence electrons. The van der Waals surface area contributed by atoms with Crippen molar-refractivity contribution >= 4 is 19.7 Å². The normalized spacial score (nSPS) is 21.1. The highest BCUT2D eigenvalue weighted by Gasteiger charge is 2.34. The van der Waals surface area contributed by atoms with Crippen LogP contribution in [0.5, 0.6) is 0 Å². The molecular formula is C11H21ClO3S. The largest absolute Gasteiger partial charge is 0.378 e. The molecule has 1 saturated carbocycles. The highest BCUT2D eigenvalue weighted by molar-refractivity contribution is 8.13. The van der Waals surface area contributed by atoms with Crippen molar-refractivity contribution in [1.82, 2.24) is 0 Å². The Labute approximate surface area is 103 Å². The Morgan fingerprint density at radius 2 is 1.88 bits per heavy atom. The van der Waals surface area contributed by atoms with Gasteiger partial charge in [-0.3, -0.25) is 0 Å². The molecule has 1 aliphatic carbocycles. The van der Waals surface area contributed by atoms with Crippen LogP contribution in [0.15, 0.2) is 0 Å². The molecule has 0 heterocycles. The van der Waals surface area contributed by atoms with Crippen LogP contribution in [0.4, 0.5) is 0 Å². The third kappa shape index (κ3) is 5.51. The molecule has 5 heteroatoms. The van der Waals surface area contributed by atoms with E-state index >= 15 is 0 Å². The average molecular weight is 269 g/mol. The molecular weight excluding hydrogens is 248 g/mol. The summed E-state index contributed by atoms with van der Waals surface area (Å²) in [4.78, 5) is 0. The first-order valence-corrected chi connectivity index (χ1v) is 8.31. The zero-order valence-corrected chi connectivity index (χ0v) is 11.7. The fourth-order valence-corrected chi connectivity index (χ4v) is 2.98. The van der Waals surface area contributed by atoms with Gasteiger partial charge in [0, 0.05) is 16.6 Å². The maximum atomic E-state index is 11.1. The summed E-state index contributed by atoms with van der Waals surface area (Å²) in [6.07, 6.45) is 2.38. The summed E-state index contributed by atoms with van der Waals surface area (Å²) >= 11 is 0. The molecule has 2 unspecified atom stereocenters. The number of hydrogen-bond acceptors (Lipinski definition) is 3. The van der Waals surface area contributed by atoms with E-state index in [1.165, 1.54) is 0 Å². The summed E-state index contributed by atoms with van der Waals surface area (Å²) in [5.41, 5.74) is 0. The Balaban J connectivity index is 2.40. The lowest BCUT2D eigenvalue weighted by Gasteiger charge is -2.21. The zero-order chi connectivity index (χ0) is 12.3. The molecule has 0 radical (unpaired) electrons. The Bertz CT molecular complexity index is 309. The second-order valence-electron chi connectivity index (χ2n) is 5.09. The molecule has 0 aliphatic heterocycles. The van der Waals surface area contributed by atoms with Crippen LogP contribution in [0.3, 0.4) is 0 Å². The van der Waals surface area contributed by atoms with E-state index in [0.717, 1.165) is 12.8 Å². The SMILES string of the molecule is CC(C)C(C)OCC(CS(=O)(=O)Cl)C1CC1. The van der Waals surface area contributed by atoms with E-state index in [2.05, 4.69) is 13.8 Å². The van der Waals surface area contributed by atoms with Gasteiger partial charge in [0.15, 0.2) is 0 Å². The van der Waals surface area contributed by atoms with Crippen molar-refractivity contribution in [2.75, 3.05) is 12.4 Å². The number of ether oxygens (including phenoxy) is 1. The monoisotopic (exact) mass is 268 g/mol. The minimum atomic E-state index is -3.40. The molecule has 1 aliphatic rings. The van der Waals surface area contributed by atoms with Crippen molar-refractivity contribution in [3.05, 3.63) is 0 Å². The number of rotatable bonds is 7. The van der Waals surface area contributed by atoms with Gasteiger partial charge in [-0.25, -0.2) is 8.42 Å². The Kier molecular flexibility index (Phi) is 5.08. The van der Waals surface area contributed by atoms with E-state index < -0.39 is 9.05 Å². The predicted molar refractivity (Wildman–Crippen MR) is 66.1 cm³/mol. The summed E-state index contributed by atoms with van der Waals surface area (Å²) in [5.74, 6) is 1.06. The lowest BCUT2D eigenvalue weighted by Crippen LogP contribution is -2.25. The smallest absolute Gasteiger partial charge is 0.232 e. The van der Waals surface area contributed by atoms with Gasteiger partial charge in [-0.2, -0.15) is 0 Å². The van der Waals surface area contributed by atoms with Gasteiger partial charge in [0.25, 0.3) is 0 Å². The van der Waals surface area contributed by atoms with Crippen molar-refractivity contribution in [3.8, 4) is 0 Å². The van der Waals surface area contributed by atoms with Gasteiger partial charge >= 0.3 is 0 Å². The maximum Gasteiger partial charge on any atom is 0.232 e. The second-order valence-corrected chi connectivity index (χ2v) is 7.91. The summed E-state index contributed by atoms with van der Waals surface area (Å²) in [6.45, 7) is 6.71. The first-order valence-electron chi connectivity index (χ1n) is 5.83. The van der Waals surface area contributed by atoms with Gasteiger partial charge in [0.2, 0.25) is 9.05 Å². The zero-order valence-electron chi connectivity index (χ0n) is 10.1. The maximum absolute atomic E-state index is 11.1. The molecule has 2 atom stereocenters. The predicted octanol–water partition coefficient (Wildman–Crippen LogP) is 2.64. The van der Waals surface area contributed by atoms with Gasteiger partial charge in [0.05, 0.1) is 18.5 Å². The van der Waals surface area contributed by atoms with Crippen LogP contribution in [0.25, 0.3) is 0 Å². The summed E-state index contributed by atoms with van der Waals surface area (Å²) in [7, 11) is 1.89. The lowest BCUT2D eigenvalue weighted by atomic mass is 10.1. The van der Waals surface area contributed by atoms with Crippen molar-refractivity contribution in [1.29, 1.82) is 0 Å². The van der Waals surface area contributed by atoms with Crippen LogP contribution in [-0.4, -0.2) is 26.9 Å². The van der Waals surface area contributed by atoms with E-state index in [-0.39, 0.29) is 17.8 Å². The standard InChI is InChI=1S/C11H21ClO3S/c1-8(2)9(3)15-6-11(10-4-5-10)7-16(12,13)14/h8-11H,4-7H2,1-3H3. The van der Waals surface area contributed by atoms with E-state index in [4.69, 9.17) is 15.4 Å². The molecule has 0 aromatic rings. The average Bonchev–Trinajstić information content (AvgIpc) is 2.92. The van der Waals surface area contributed by atoms with Crippen molar-refractivity contribution in [2.24, 2.45) is 17.8 Å². The van der Waals surface area contributed by atoms with Crippen molar-refractivity contribution in [3.63, 3.8) is 0 Å². The molecule has 0 amide bonds. The molecule has 1 fully saturated rings. The molecule has 16 heavy (non-hydrogen) atoms. The Morgan fingerprint density at radius 3 is 2.25 bits per heavy atom.